The average Bonchev–Trinajstić information content (AvgIpc) is 2.86. The van der Waals surface area contributed by atoms with Gasteiger partial charge in [0.15, 0.2) is 0 Å². The summed E-state index contributed by atoms with van der Waals surface area (Å²) in [6.45, 7) is 0.0743. The summed E-state index contributed by atoms with van der Waals surface area (Å²) >= 11 is 6.71. The monoisotopic (exact) mass is 295 g/mol. The van der Waals surface area contributed by atoms with Crippen molar-refractivity contribution < 1.29 is 13.5 Å². The third-order valence-corrected chi connectivity index (χ3v) is 6.06. The van der Waals surface area contributed by atoms with Crippen molar-refractivity contribution in [3.8, 4) is 0 Å². The molecule has 4 nitrogen and oxygen atoms in total. The first-order chi connectivity index (χ1) is 7.91. The highest BCUT2D eigenvalue weighted by atomic mass is 35.5. The molecule has 0 aromatic carbocycles. The van der Waals surface area contributed by atoms with E-state index in [4.69, 9.17) is 11.6 Å². The summed E-state index contributed by atoms with van der Waals surface area (Å²) < 4.78 is 26.8. The molecule has 0 amide bonds. The van der Waals surface area contributed by atoms with Gasteiger partial charge in [0.05, 0.1) is 9.94 Å². The number of halogens is 1. The number of thiophene rings is 1. The molecule has 1 aromatic rings. The predicted octanol–water partition coefficient (Wildman–Crippen LogP) is 1.98. The van der Waals surface area contributed by atoms with Gasteiger partial charge >= 0.3 is 0 Å². The van der Waals surface area contributed by atoms with Crippen LogP contribution in [-0.2, 0) is 10.0 Å². The van der Waals surface area contributed by atoms with Crippen LogP contribution < -0.4 is 4.72 Å². The van der Waals surface area contributed by atoms with Crippen molar-refractivity contribution in [1.29, 1.82) is 0 Å². The molecule has 96 valence electrons. The minimum Gasteiger partial charge on any atom is -0.389 e. The van der Waals surface area contributed by atoms with Crippen LogP contribution in [0.15, 0.2) is 16.3 Å². The Balaban J connectivity index is 2.03. The molecule has 1 aromatic heterocycles. The second-order valence-corrected chi connectivity index (χ2v) is 8.02. The Labute approximate surface area is 110 Å². The maximum atomic E-state index is 11.9. The van der Waals surface area contributed by atoms with Crippen LogP contribution in [0.4, 0.5) is 0 Å². The maximum absolute atomic E-state index is 11.9. The van der Waals surface area contributed by atoms with Gasteiger partial charge in [-0.15, -0.1) is 11.3 Å². The van der Waals surface area contributed by atoms with Gasteiger partial charge in [-0.25, -0.2) is 13.1 Å². The molecule has 1 fully saturated rings. The number of nitrogens with one attached hydrogen (secondary N) is 1. The summed E-state index contributed by atoms with van der Waals surface area (Å²) in [5.41, 5.74) is -0.881. The van der Waals surface area contributed by atoms with Crippen molar-refractivity contribution in [2.24, 2.45) is 0 Å². The van der Waals surface area contributed by atoms with E-state index in [1.165, 1.54) is 6.07 Å². The summed E-state index contributed by atoms with van der Waals surface area (Å²) in [7, 11) is -3.54. The van der Waals surface area contributed by atoms with Gasteiger partial charge in [-0.2, -0.15) is 0 Å². The molecule has 1 aliphatic carbocycles. The van der Waals surface area contributed by atoms with Gasteiger partial charge in [0, 0.05) is 6.54 Å². The number of hydrogen-bond acceptors (Lipinski definition) is 4. The first-order valence-corrected chi connectivity index (χ1v) is 8.06. The van der Waals surface area contributed by atoms with Crippen LogP contribution in [0.5, 0.6) is 0 Å². The average molecular weight is 296 g/mol. The molecule has 1 saturated carbocycles. The first-order valence-electron chi connectivity index (χ1n) is 5.39. The van der Waals surface area contributed by atoms with Crippen molar-refractivity contribution in [2.45, 2.75) is 35.5 Å². The lowest BCUT2D eigenvalue weighted by Gasteiger charge is -2.21. The topological polar surface area (TPSA) is 66.4 Å². The summed E-state index contributed by atoms with van der Waals surface area (Å²) in [6.07, 6.45) is 3.20. The van der Waals surface area contributed by atoms with Crippen molar-refractivity contribution in [3.63, 3.8) is 0 Å². The van der Waals surface area contributed by atoms with Gasteiger partial charge in [0.25, 0.3) is 0 Å². The molecule has 2 rings (SSSR count). The molecular formula is C10H14ClNO3S2. The smallest absolute Gasteiger partial charge is 0.250 e. The summed E-state index contributed by atoms with van der Waals surface area (Å²) in [4.78, 5) is 0. The van der Waals surface area contributed by atoms with Crippen LogP contribution >= 0.6 is 22.9 Å². The number of rotatable bonds is 4. The fourth-order valence-corrected chi connectivity index (χ4v) is 4.60. The van der Waals surface area contributed by atoms with E-state index < -0.39 is 15.6 Å². The lowest BCUT2D eigenvalue weighted by atomic mass is 10.0. The molecule has 0 aliphatic heterocycles. The molecular weight excluding hydrogens is 282 g/mol. The second-order valence-electron chi connectivity index (χ2n) is 4.31. The zero-order valence-corrected chi connectivity index (χ0v) is 11.5. The van der Waals surface area contributed by atoms with Crippen LogP contribution in [0.1, 0.15) is 25.7 Å². The molecule has 0 radical (unpaired) electrons. The minimum absolute atomic E-state index is 0.0743. The SMILES string of the molecule is O=S(=O)(NCC1(O)CCCC1)c1ccc(Cl)s1. The van der Waals surface area contributed by atoms with E-state index in [0.717, 1.165) is 24.2 Å². The molecule has 17 heavy (non-hydrogen) atoms. The summed E-state index contributed by atoms with van der Waals surface area (Å²) in [6, 6.07) is 3.01. The van der Waals surface area contributed by atoms with Crippen molar-refractivity contribution in [2.75, 3.05) is 6.54 Å². The van der Waals surface area contributed by atoms with Crippen LogP contribution in [0.2, 0.25) is 4.34 Å². The van der Waals surface area contributed by atoms with Gasteiger partial charge in [0.1, 0.15) is 4.21 Å². The lowest BCUT2D eigenvalue weighted by molar-refractivity contribution is 0.0532. The van der Waals surface area contributed by atoms with Crippen LogP contribution in [0.25, 0.3) is 0 Å². The Morgan fingerprint density at radius 2 is 2.06 bits per heavy atom. The first kappa shape index (κ1) is 13.3. The Morgan fingerprint density at radius 3 is 2.59 bits per heavy atom. The highest BCUT2D eigenvalue weighted by molar-refractivity contribution is 7.91. The fourth-order valence-electron chi connectivity index (χ4n) is 1.95. The summed E-state index contributed by atoms with van der Waals surface area (Å²) in [5, 5.41) is 10.1. The summed E-state index contributed by atoms with van der Waals surface area (Å²) in [5.74, 6) is 0. The van der Waals surface area contributed by atoms with Gasteiger partial charge in [0.2, 0.25) is 10.0 Å². The molecule has 7 heteroatoms. The van der Waals surface area contributed by atoms with E-state index in [-0.39, 0.29) is 10.8 Å². The standard InChI is InChI=1S/C10H14ClNO3S2/c11-8-3-4-9(16-8)17(14,15)12-7-10(13)5-1-2-6-10/h3-4,12-13H,1-2,5-7H2. The Bertz CT molecular complexity index is 491. The Kier molecular flexibility index (Phi) is 3.80. The van der Waals surface area contributed by atoms with Crippen LogP contribution in [0, 0.1) is 0 Å². The third kappa shape index (κ3) is 3.20. The fraction of sp³-hybridized carbons (Fsp3) is 0.600. The van der Waals surface area contributed by atoms with E-state index in [2.05, 4.69) is 4.72 Å². The molecule has 0 atom stereocenters. The van der Waals surface area contributed by atoms with E-state index in [0.29, 0.717) is 17.2 Å². The molecule has 1 aliphatic rings. The third-order valence-electron chi connectivity index (χ3n) is 2.94. The van der Waals surface area contributed by atoms with Crippen molar-refractivity contribution in [1.82, 2.24) is 4.72 Å². The van der Waals surface area contributed by atoms with Gasteiger partial charge in [-0.3, -0.25) is 0 Å². The predicted molar refractivity (Wildman–Crippen MR) is 67.9 cm³/mol. The van der Waals surface area contributed by atoms with Gasteiger partial charge < -0.3 is 5.11 Å². The zero-order chi connectivity index (χ0) is 12.5. The number of sulfonamides is 1. The number of hydrogen-bond donors (Lipinski definition) is 2. The minimum atomic E-state index is -3.54. The van der Waals surface area contributed by atoms with E-state index >= 15 is 0 Å². The molecule has 2 N–H and O–H groups in total. The second kappa shape index (κ2) is 4.85. The van der Waals surface area contributed by atoms with Gasteiger partial charge in [-0.05, 0) is 25.0 Å². The van der Waals surface area contributed by atoms with Crippen molar-refractivity contribution >= 4 is 33.0 Å². The van der Waals surface area contributed by atoms with E-state index in [1.807, 2.05) is 0 Å². The van der Waals surface area contributed by atoms with E-state index in [9.17, 15) is 13.5 Å². The van der Waals surface area contributed by atoms with Crippen LogP contribution in [-0.4, -0.2) is 25.7 Å². The maximum Gasteiger partial charge on any atom is 0.250 e. The highest BCUT2D eigenvalue weighted by Gasteiger charge is 2.32. The zero-order valence-electron chi connectivity index (χ0n) is 9.15. The quantitative estimate of drug-likeness (QED) is 0.893. The molecule has 0 bridgehead atoms. The largest absolute Gasteiger partial charge is 0.389 e. The van der Waals surface area contributed by atoms with E-state index in [1.54, 1.807) is 6.07 Å². The van der Waals surface area contributed by atoms with Crippen LogP contribution in [0.3, 0.4) is 0 Å². The highest BCUT2D eigenvalue weighted by Crippen LogP contribution is 2.30. The molecule has 0 saturated heterocycles. The van der Waals surface area contributed by atoms with Gasteiger partial charge in [-0.1, -0.05) is 24.4 Å². The Hall–Kier alpha value is -0.140. The van der Waals surface area contributed by atoms with Crippen molar-refractivity contribution in [3.05, 3.63) is 16.5 Å². The molecule has 0 spiro atoms. The Morgan fingerprint density at radius 1 is 1.41 bits per heavy atom. The number of aliphatic hydroxyl groups is 1. The lowest BCUT2D eigenvalue weighted by Crippen LogP contribution is -2.40. The normalized spacial score (nSPS) is 19.6. The molecule has 1 heterocycles. The molecule has 0 unspecified atom stereocenters.